The zero-order valence-corrected chi connectivity index (χ0v) is 19.0. The van der Waals surface area contributed by atoms with Gasteiger partial charge in [-0.25, -0.2) is 9.97 Å². The Morgan fingerprint density at radius 1 is 1.20 bits per heavy atom. The molecule has 2 rings (SSSR count). The van der Waals surface area contributed by atoms with Crippen LogP contribution in [0.4, 0.5) is 0 Å². The van der Waals surface area contributed by atoms with E-state index in [0.29, 0.717) is 17.6 Å². The Labute approximate surface area is 162 Å². The molecule has 0 N–H and O–H groups in total. The molecule has 0 aliphatic heterocycles. The highest BCUT2D eigenvalue weighted by Crippen LogP contribution is 2.37. The zero-order chi connectivity index (χ0) is 19.2. The molecule has 0 amide bonds. The van der Waals surface area contributed by atoms with E-state index in [9.17, 15) is 0 Å². The van der Waals surface area contributed by atoms with Crippen LogP contribution in [0, 0.1) is 13.8 Å². The normalized spacial score (nSPS) is 14.3. The molecule has 4 nitrogen and oxygen atoms in total. The Hall–Kier alpha value is -0.623. The molecule has 140 valence electrons. The Morgan fingerprint density at radius 2 is 1.80 bits per heavy atom. The molecule has 0 radical (unpaired) electrons. The van der Waals surface area contributed by atoms with Gasteiger partial charge in [0, 0.05) is 5.69 Å². The minimum Gasteiger partial charge on any atom is -0.415 e. The van der Waals surface area contributed by atoms with Crippen molar-refractivity contribution in [2.45, 2.75) is 71.6 Å². The first kappa shape index (κ1) is 20.7. The smallest absolute Gasteiger partial charge is 0.192 e. The fourth-order valence-electron chi connectivity index (χ4n) is 2.63. The quantitative estimate of drug-likeness (QED) is 0.349. The van der Waals surface area contributed by atoms with E-state index in [1.54, 1.807) is 0 Å². The molecular formula is C18H29Cl2N3OSi. The standard InChI is InChI=1S/C18H29Cl2N3OSi/c1-11(10-24-25(7,8)18(4,5)6)23-14(9-19)22-15-16(23)12(2)13(3)21-17(15)20/h11H,9-10H2,1-8H3/t11-/m0/s1. The largest absolute Gasteiger partial charge is 0.415 e. The van der Waals surface area contributed by atoms with Crippen molar-refractivity contribution in [2.24, 2.45) is 0 Å². The predicted molar refractivity (Wildman–Crippen MR) is 109 cm³/mol. The van der Waals surface area contributed by atoms with E-state index in [-0.39, 0.29) is 11.1 Å². The Balaban J connectivity index is 2.46. The number of pyridine rings is 1. The van der Waals surface area contributed by atoms with Crippen molar-refractivity contribution in [1.82, 2.24) is 14.5 Å². The van der Waals surface area contributed by atoms with E-state index >= 15 is 0 Å². The summed E-state index contributed by atoms with van der Waals surface area (Å²) < 4.78 is 8.60. The van der Waals surface area contributed by atoms with Crippen LogP contribution in [-0.2, 0) is 10.3 Å². The monoisotopic (exact) mass is 401 g/mol. The van der Waals surface area contributed by atoms with Gasteiger partial charge in [0.15, 0.2) is 13.5 Å². The highest BCUT2D eigenvalue weighted by atomic mass is 35.5. The summed E-state index contributed by atoms with van der Waals surface area (Å²) in [5.41, 5.74) is 3.74. The highest BCUT2D eigenvalue weighted by molar-refractivity contribution is 6.74. The Morgan fingerprint density at radius 3 is 2.32 bits per heavy atom. The highest BCUT2D eigenvalue weighted by Gasteiger charge is 2.37. The molecule has 7 heteroatoms. The predicted octanol–water partition coefficient (Wildman–Crippen LogP) is 6.02. The van der Waals surface area contributed by atoms with Crippen LogP contribution < -0.4 is 0 Å². The van der Waals surface area contributed by atoms with Gasteiger partial charge in [0.1, 0.15) is 11.3 Å². The fraction of sp³-hybridized carbons (Fsp3) is 0.667. The number of imidazole rings is 1. The van der Waals surface area contributed by atoms with Crippen molar-refractivity contribution in [2.75, 3.05) is 6.61 Å². The maximum absolute atomic E-state index is 6.43. The van der Waals surface area contributed by atoms with Crippen LogP contribution in [0.1, 0.15) is 50.8 Å². The van der Waals surface area contributed by atoms with Crippen LogP contribution in [0.5, 0.6) is 0 Å². The molecule has 0 aliphatic carbocycles. The van der Waals surface area contributed by atoms with Gasteiger partial charge >= 0.3 is 0 Å². The van der Waals surface area contributed by atoms with E-state index in [0.717, 1.165) is 28.1 Å². The number of alkyl halides is 1. The van der Waals surface area contributed by atoms with Gasteiger partial charge in [-0.1, -0.05) is 32.4 Å². The van der Waals surface area contributed by atoms with Crippen molar-refractivity contribution >= 4 is 42.6 Å². The van der Waals surface area contributed by atoms with Gasteiger partial charge in [0.05, 0.1) is 24.0 Å². The lowest BCUT2D eigenvalue weighted by atomic mass is 10.2. The summed E-state index contributed by atoms with van der Waals surface area (Å²) in [6.45, 7) is 18.1. The van der Waals surface area contributed by atoms with Crippen LogP contribution in [0.25, 0.3) is 11.0 Å². The summed E-state index contributed by atoms with van der Waals surface area (Å²) in [4.78, 5) is 9.03. The Kier molecular flexibility index (Phi) is 5.94. The molecule has 0 unspecified atom stereocenters. The second-order valence-electron chi connectivity index (χ2n) is 8.26. The summed E-state index contributed by atoms with van der Waals surface area (Å²) in [5.74, 6) is 1.13. The van der Waals surface area contributed by atoms with E-state index in [4.69, 9.17) is 27.6 Å². The van der Waals surface area contributed by atoms with Crippen LogP contribution in [0.3, 0.4) is 0 Å². The summed E-state index contributed by atoms with van der Waals surface area (Å²) >= 11 is 12.5. The van der Waals surface area contributed by atoms with Crippen molar-refractivity contribution in [1.29, 1.82) is 0 Å². The second kappa shape index (κ2) is 7.18. The molecule has 0 bridgehead atoms. The second-order valence-corrected chi connectivity index (χ2v) is 13.7. The third-order valence-corrected chi connectivity index (χ3v) is 10.4. The lowest BCUT2D eigenvalue weighted by molar-refractivity contribution is 0.239. The third kappa shape index (κ3) is 3.89. The summed E-state index contributed by atoms with van der Waals surface area (Å²) in [6, 6.07) is 0.115. The lowest BCUT2D eigenvalue weighted by Crippen LogP contribution is -2.42. The van der Waals surface area contributed by atoms with E-state index in [1.165, 1.54) is 0 Å². The van der Waals surface area contributed by atoms with Gasteiger partial charge < -0.3 is 8.99 Å². The molecule has 2 heterocycles. The molecule has 25 heavy (non-hydrogen) atoms. The van der Waals surface area contributed by atoms with Crippen molar-refractivity contribution < 1.29 is 4.43 Å². The lowest BCUT2D eigenvalue weighted by Gasteiger charge is -2.37. The van der Waals surface area contributed by atoms with Gasteiger partial charge in [-0.05, 0) is 44.5 Å². The first-order valence-electron chi connectivity index (χ1n) is 8.64. The topological polar surface area (TPSA) is 39.9 Å². The Bertz CT molecular complexity index is 781. The SMILES string of the molecule is Cc1nc(Cl)c2nc(CCl)n([C@@H](C)CO[Si](C)(C)C(C)(C)C)c2c1C. The van der Waals surface area contributed by atoms with E-state index < -0.39 is 8.32 Å². The maximum Gasteiger partial charge on any atom is 0.192 e. The number of aromatic nitrogens is 3. The summed E-state index contributed by atoms with van der Waals surface area (Å²) in [6.07, 6.45) is 0. The molecule has 2 aromatic heterocycles. The molecule has 1 atom stereocenters. The van der Waals surface area contributed by atoms with Crippen LogP contribution in [0.2, 0.25) is 23.3 Å². The first-order valence-corrected chi connectivity index (χ1v) is 12.5. The maximum atomic E-state index is 6.43. The van der Waals surface area contributed by atoms with Crippen LogP contribution in [-0.4, -0.2) is 29.5 Å². The number of rotatable bonds is 5. The minimum absolute atomic E-state index is 0.115. The molecular weight excluding hydrogens is 373 g/mol. The molecule has 0 spiro atoms. The average Bonchev–Trinajstić information content (AvgIpc) is 2.89. The van der Waals surface area contributed by atoms with Crippen molar-refractivity contribution in [3.63, 3.8) is 0 Å². The fourth-order valence-corrected chi connectivity index (χ4v) is 4.16. The van der Waals surface area contributed by atoms with Crippen molar-refractivity contribution in [3.05, 3.63) is 22.2 Å². The molecule has 2 aromatic rings. The van der Waals surface area contributed by atoms with Crippen molar-refractivity contribution in [3.8, 4) is 0 Å². The van der Waals surface area contributed by atoms with E-state index in [1.807, 2.05) is 6.92 Å². The number of aryl methyl sites for hydroxylation is 2. The molecule has 0 aliphatic rings. The van der Waals surface area contributed by atoms with Gasteiger partial charge in [-0.2, -0.15) is 0 Å². The molecule has 0 fully saturated rings. The summed E-state index contributed by atoms with van der Waals surface area (Å²) in [5, 5.41) is 0.611. The van der Waals surface area contributed by atoms with Crippen LogP contribution >= 0.6 is 23.2 Å². The number of fused-ring (bicyclic) bond motifs is 1. The van der Waals surface area contributed by atoms with E-state index in [2.05, 4.69) is 62.2 Å². The molecule has 0 saturated heterocycles. The third-order valence-electron chi connectivity index (χ3n) is 5.40. The molecule has 0 saturated carbocycles. The van der Waals surface area contributed by atoms with Gasteiger partial charge in [0.2, 0.25) is 0 Å². The van der Waals surface area contributed by atoms with Gasteiger partial charge in [0.25, 0.3) is 0 Å². The number of hydrogen-bond donors (Lipinski definition) is 0. The van der Waals surface area contributed by atoms with Gasteiger partial charge in [-0.3, -0.25) is 0 Å². The van der Waals surface area contributed by atoms with Crippen LogP contribution in [0.15, 0.2) is 0 Å². The minimum atomic E-state index is -1.82. The zero-order valence-electron chi connectivity index (χ0n) is 16.5. The number of nitrogens with zero attached hydrogens (tertiary/aromatic N) is 3. The van der Waals surface area contributed by atoms with Gasteiger partial charge in [-0.15, -0.1) is 11.6 Å². The number of hydrogen-bond acceptors (Lipinski definition) is 3. The average molecular weight is 402 g/mol. The summed E-state index contributed by atoms with van der Waals surface area (Å²) in [7, 11) is -1.82. The number of halogens is 2. The molecule has 0 aromatic carbocycles. The first-order chi connectivity index (χ1) is 11.4.